The number of nitrogens with zero attached hydrogens (tertiary/aromatic N) is 1. The van der Waals surface area contributed by atoms with Crippen molar-refractivity contribution in [2.45, 2.75) is 13.3 Å². The quantitative estimate of drug-likeness (QED) is 0.383. The first-order valence-electron chi connectivity index (χ1n) is 9.21. The predicted octanol–water partition coefficient (Wildman–Crippen LogP) is 6.33. The topological polar surface area (TPSA) is 75.7 Å². The molecule has 0 saturated carbocycles. The van der Waals surface area contributed by atoms with Crippen molar-refractivity contribution in [3.8, 4) is 5.75 Å². The van der Waals surface area contributed by atoms with Crippen molar-refractivity contribution >= 4 is 84.0 Å². The number of carbonyl (C=O) groups is 3. The lowest BCUT2D eigenvalue weighted by Crippen LogP contribution is -2.36. The van der Waals surface area contributed by atoms with Crippen molar-refractivity contribution in [3.63, 3.8) is 0 Å². The number of hydrogen-bond donors (Lipinski definition) is 1. The number of rotatable bonds is 7. The molecule has 10 heteroatoms. The lowest BCUT2D eigenvalue weighted by atomic mass is 10.2. The minimum atomic E-state index is -0.527. The summed E-state index contributed by atoms with van der Waals surface area (Å²) < 4.78 is 7.23. The molecule has 1 aliphatic rings. The standard InChI is InChI=1S/C21H17Br2ClN2O4S/c1-2-7-30-17-6-3-13(22)8-12(17)9-18-20(28)26(21(29)31-18)11-19(27)25-14-4-5-15(23)16(24)10-14/h3-6,8-10H,2,7,11H2,1H3,(H,25,27)/b18-9+. The molecule has 0 spiro atoms. The molecule has 1 N–H and O–H groups in total. The number of imide groups is 1. The summed E-state index contributed by atoms with van der Waals surface area (Å²) in [5.41, 5.74) is 1.13. The molecule has 6 nitrogen and oxygen atoms in total. The van der Waals surface area contributed by atoms with Crippen molar-refractivity contribution in [1.82, 2.24) is 4.90 Å². The SMILES string of the molecule is CCCOc1ccc(Br)cc1/C=C1/SC(=O)N(CC(=O)Nc2ccc(Br)c(Cl)c2)C1=O. The van der Waals surface area contributed by atoms with Crippen LogP contribution in [0.1, 0.15) is 18.9 Å². The number of amides is 3. The Labute approximate surface area is 205 Å². The van der Waals surface area contributed by atoms with Crippen LogP contribution in [0, 0.1) is 0 Å². The molecule has 2 aromatic rings. The van der Waals surface area contributed by atoms with E-state index >= 15 is 0 Å². The highest BCUT2D eigenvalue weighted by atomic mass is 79.9. The molecular formula is C21H17Br2ClN2O4S. The highest BCUT2D eigenvalue weighted by Crippen LogP contribution is 2.35. The van der Waals surface area contributed by atoms with Crippen molar-refractivity contribution < 1.29 is 19.1 Å². The Morgan fingerprint density at radius 3 is 2.71 bits per heavy atom. The van der Waals surface area contributed by atoms with E-state index in [4.69, 9.17) is 16.3 Å². The van der Waals surface area contributed by atoms with E-state index in [1.165, 1.54) is 0 Å². The predicted molar refractivity (Wildman–Crippen MR) is 130 cm³/mol. The van der Waals surface area contributed by atoms with Gasteiger partial charge in [0.1, 0.15) is 12.3 Å². The van der Waals surface area contributed by atoms with Gasteiger partial charge in [-0.15, -0.1) is 0 Å². The first kappa shape index (κ1) is 23.8. The highest BCUT2D eigenvalue weighted by molar-refractivity contribution is 9.10. The maximum Gasteiger partial charge on any atom is 0.294 e. The van der Waals surface area contributed by atoms with Gasteiger partial charge in [0.15, 0.2) is 0 Å². The molecule has 1 heterocycles. The Morgan fingerprint density at radius 1 is 1.23 bits per heavy atom. The van der Waals surface area contributed by atoms with Gasteiger partial charge in [0.25, 0.3) is 11.1 Å². The molecule has 31 heavy (non-hydrogen) atoms. The molecule has 162 valence electrons. The van der Waals surface area contributed by atoms with Gasteiger partial charge < -0.3 is 10.1 Å². The van der Waals surface area contributed by atoms with Crippen LogP contribution in [0.2, 0.25) is 5.02 Å². The van der Waals surface area contributed by atoms with Crippen LogP contribution >= 0.6 is 55.2 Å². The fourth-order valence-corrected chi connectivity index (χ4v) is 4.31. The number of carbonyl (C=O) groups excluding carboxylic acids is 3. The number of thioether (sulfide) groups is 1. The zero-order valence-electron chi connectivity index (χ0n) is 16.3. The van der Waals surface area contributed by atoms with E-state index in [2.05, 4.69) is 37.2 Å². The number of ether oxygens (including phenoxy) is 1. The lowest BCUT2D eigenvalue weighted by molar-refractivity contribution is -0.127. The van der Waals surface area contributed by atoms with E-state index in [1.54, 1.807) is 30.3 Å². The maximum absolute atomic E-state index is 12.8. The Morgan fingerprint density at radius 2 is 2.00 bits per heavy atom. The molecule has 1 saturated heterocycles. The molecule has 0 aliphatic carbocycles. The molecule has 0 unspecified atom stereocenters. The van der Waals surface area contributed by atoms with Gasteiger partial charge >= 0.3 is 0 Å². The summed E-state index contributed by atoms with van der Waals surface area (Å²) >= 11 is 13.5. The molecule has 2 aromatic carbocycles. The first-order valence-corrected chi connectivity index (χ1v) is 12.0. The van der Waals surface area contributed by atoms with Gasteiger partial charge in [0, 0.05) is 20.2 Å². The second-order valence-corrected chi connectivity index (χ2v) is 9.65. The van der Waals surface area contributed by atoms with Gasteiger partial charge in [0.05, 0.1) is 16.5 Å². The van der Waals surface area contributed by atoms with Gasteiger partial charge in [0.2, 0.25) is 5.91 Å². The van der Waals surface area contributed by atoms with E-state index in [9.17, 15) is 14.4 Å². The summed E-state index contributed by atoms with van der Waals surface area (Å²) in [5, 5.41) is 2.56. The second-order valence-electron chi connectivity index (χ2n) is 6.48. The normalized spacial score (nSPS) is 15.0. The first-order chi connectivity index (χ1) is 14.8. The second kappa shape index (κ2) is 10.7. The molecule has 0 radical (unpaired) electrons. The minimum absolute atomic E-state index is 0.226. The fraction of sp³-hybridized carbons (Fsp3) is 0.190. The van der Waals surface area contributed by atoms with Gasteiger partial charge in [-0.2, -0.15) is 0 Å². The van der Waals surface area contributed by atoms with Crippen LogP contribution in [0.5, 0.6) is 5.75 Å². The van der Waals surface area contributed by atoms with Crippen LogP contribution < -0.4 is 10.1 Å². The highest BCUT2D eigenvalue weighted by Gasteiger charge is 2.36. The molecular weight excluding hydrogens is 572 g/mol. The van der Waals surface area contributed by atoms with Crippen LogP contribution in [0.3, 0.4) is 0 Å². The minimum Gasteiger partial charge on any atom is -0.493 e. The van der Waals surface area contributed by atoms with Crippen molar-refractivity contribution in [1.29, 1.82) is 0 Å². The van der Waals surface area contributed by atoms with Crippen LogP contribution in [0.15, 0.2) is 50.2 Å². The smallest absolute Gasteiger partial charge is 0.294 e. The Hall–Kier alpha value is -1.81. The average Bonchev–Trinajstić information content (AvgIpc) is 2.97. The third-order valence-corrected chi connectivity index (χ3v) is 6.73. The maximum atomic E-state index is 12.8. The van der Waals surface area contributed by atoms with E-state index in [1.807, 2.05) is 19.1 Å². The van der Waals surface area contributed by atoms with Crippen molar-refractivity contribution in [3.05, 3.63) is 60.8 Å². The fourth-order valence-electron chi connectivity index (χ4n) is 2.67. The van der Waals surface area contributed by atoms with E-state index in [-0.39, 0.29) is 4.91 Å². The van der Waals surface area contributed by atoms with Gasteiger partial charge in [-0.3, -0.25) is 19.3 Å². The Kier molecular flexibility index (Phi) is 8.21. The third kappa shape index (κ3) is 6.12. The summed E-state index contributed by atoms with van der Waals surface area (Å²) in [5.74, 6) is -0.418. The van der Waals surface area contributed by atoms with Crippen molar-refractivity contribution in [2.75, 3.05) is 18.5 Å². The van der Waals surface area contributed by atoms with Crippen LogP contribution in [0.25, 0.3) is 6.08 Å². The summed E-state index contributed by atoms with van der Waals surface area (Å²) in [6.45, 7) is 2.13. The van der Waals surface area contributed by atoms with E-state index in [0.29, 0.717) is 33.1 Å². The van der Waals surface area contributed by atoms with Crippen LogP contribution in [-0.4, -0.2) is 35.1 Å². The molecule has 3 amide bonds. The molecule has 0 bridgehead atoms. The summed E-state index contributed by atoms with van der Waals surface area (Å²) in [7, 11) is 0. The molecule has 0 aromatic heterocycles. The number of anilines is 1. The summed E-state index contributed by atoms with van der Waals surface area (Å²) in [6, 6.07) is 10.4. The Bertz CT molecular complexity index is 1080. The van der Waals surface area contributed by atoms with Gasteiger partial charge in [-0.1, -0.05) is 34.5 Å². The van der Waals surface area contributed by atoms with Crippen LogP contribution in [-0.2, 0) is 9.59 Å². The number of benzene rings is 2. The molecule has 1 fully saturated rings. The lowest BCUT2D eigenvalue weighted by Gasteiger charge is -2.13. The zero-order valence-corrected chi connectivity index (χ0v) is 21.0. The molecule has 1 aliphatic heterocycles. The zero-order chi connectivity index (χ0) is 22.5. The number of halogens is 3. The monoisotopic (exact) mass is 586 g/mol. The number of nitrogens with one attached hydrogen (secondary N) is 1. The van der Waals surface area contributed by atoms with Crippen LogP contribution in [0.4, 0.5) is 10.5 Å². The number of hydrogen-bond acceptors (Lipinski definition) is 5. The molecule has 3 rings (SSSR count). The van der Waals surface area contributed by atoms with E-state index < -0.39 is 23.6 Å². The van der Waals surface area contributed by atoms with E-state index in [0.717, 1.165) is 27.6 Å². The Balaban J connectivity index is 1.74. The average molecular weight is 589 g/mol. The third-order valence-electron chi connectivity index (χ3n) is 4.10. The van der Waals surface area contributed by atoms with Gasteiger partial charge in [-0.25, -0.2) is 0 Å². The summed E-state index contributed by atoms with van der Waals surface area (Å²) in [6.07, 6.45) is 2.44. The largest absolute Gasteiger partial charge is 0.493 e. The van der Waals surface area contributed by atoms with Gasteiger partial charge in [-0.05, 0) is 76.6 Å². The molecule has 0 atom stereocenters. The summed E-state index contributed by atoms with van der Waals surface area (Å²) in [4.78, 5) is 38.7. The van der Waals surface area contributed by atoms with Crippen molar-refractivity contribution in [2.24, 2.45) is 0 Å².